The van der Waals surface area contributed by atoms with E-state index in [0.29, 0.717) is 62.2 Å². The molecule has 0 fully saturated rings. The van der Waals surface area contributed by atoms with Gasteiger partial charge in [0.1, 0.15) is 23.0 Å². The van der Waals surface area contributed by atoms with E-state index in [1.807, 2.05) is 0 Å². The maximum absolute atomic E-state index is 13.0. The third-order valence-corrected chi connectivity index (χ3v) is 15.1. The molecule has 368 valence electrons. The van der Waals surface area contributed by atoms with Gasteiger partial charge in [-0.25, -0.2) is 0 Å². The van der Waals surface area contributed by atoms with Crippen molar-refractivity contribution in [1.29, 1.82) is 0 Å². The van der Waals surface area contributed by atoms with Gasteiger partial charge in [-0.05, 0) is 92.4 Å². The highest BCUT2D eigenvalue weighted by molar-refractivity contribution is 8.01. The van der Waals surface area contributed by atoms with E-state index < -0.39 is 0 Å². The van der Waals surface area contributed by atoms with Crippen LogP contribution in [0.4, 0.5) is 0 Å². The van der Waals surface area contributed by atoms with Crippen molar-refractivity contribution in [3.8, 4) is 23.0 Å². The van der Waals surface area contributed by atoms with Gasteiger partial charge in [-0.1, -0.05) is 130 Å². The molecule has 4 amide bonds. The summed E-state index contributed by atoms with van der Waals surface area (Å²) < 4.78 is 26.4. The Morgan fingerprint density at radius 1 is 0.338 bits per heavy atom. The van der Waals surface area contributed by atoms with Crippen LogP contribution in [0.1, 0.15) is 105 Å². The van der Waals surface area contributed by atoms with Crippen LogP contribution in [0.2, 0.25) is 0 Å². The van der Waals surface area contributed by atoms with Crippen LogP contribution >= 0.6 is 47.0 Å². The van der Waals surface area contributed by atoms with Crippen molar-refractivity contribution in [3.05, 3.63) is 70.8 Å². The first kappa shape index (κ1) is 54.3. The molecule has 5 rings (SSSR count). The fourth-order valence-corrected chi connectivity index (χ4v) is 11.3. The third-order valence-electron chi connectivity index (χ3n) is 10.9. The summed E-state index contributed by atoms with van der Waals surface area (Å²) in [5.74, 6) is 0.626. The largest absolute Gasteiger partial charge is 0.481 e. The molecule has 4 aromatic carbocycles. The maximum Gasteiger partial charge on any atom is 0.257 e. The lowest BCUT2D eigenvalue weighted by atomic mass is 9.87. The standard InChI is InChI=1S/C52H68N4O8S4/c1-49(2,3)29-17-33-45(61-25-41(57)53-13)34(18-29)66-36-20-31(51(7,8)9)22-38(47(36)63-27-43(59)55-15)68-40-24-32(52(10,11)12)23-39(48(40)64-28-44(60)56-16)67-37-21-30(50(4,5)6)19-35(65-33)46(37)62-26-42(58)54-14/h17-24H,25-28H2,1-16H3,(H,53,57)(H,54,58)(H,55,59)(H,56,60). The lowest BCUT2D eigenvalue weighted by Gasteiger charge is -2.28. The van der Waals surface area contributed by atoms with Crippen LogP contribution in [0, 0.1) is 0 Å². The number of hydrogen-bond acceptors (Lipinski definition) is 12. The molecule has 0 aliphatic carbocycles. The highest BCUT2D eigenvalue weighted by Crippen LogP contribution is 2.56. The van der Waals surface area contributed by atoms with Gasteiger partial charge in [0, 0.05) is 28.2 Å². The number of rotatable bonds is 12. The van der Waals surface area contributed by atoms with E-state index in [1.165, 1.54) is 47.0 Å². The Hall–Kier alpha value is -4.64. The SMILES string of the molecule is CNC(=O)COc1c2cc(C(C)(C)C)cc1Sc1cc(C(C)(C)C)cc(c1OCC(=O)NC)Sc1cc(C(C)(C)C)cc(c1OCC(=O)NC)Sc1cc(C(C)(C)C)cc(c1OCC(=O)NC)S2. The van der Waals surface area contributed by atoms with Gasteiger partial charge >= 0.3 is 0 Å². The van der Waals surface area contributed by atoms with E-state index in [9.17, 15) is 19.2 Å². The number of likely N-dealkylation sites (N-methyl/N-ethyl adjacent to an activating group) is 4. The number of carbonyl (C=O) groups excluding carboxylic acids is 4. The van der Waals surface area contributed by atoms with Gasteiger partial charge in [0.2, 0.25) is 0 Å². The van der Waals surface area contributed by atoms with Crippen LogP contribution in [-0.2, 0) is 40.8 Å². The second-order valence-corrected chi connectivity index (χ2v) is 24.8. The molecule has 4 N–H and O–H groups in total. The molecule has 0 saturated carbocycles. The third kappa shape index (κ3) is 13.8. The molecule has 1 aliphatic heterocycles. The predicted octanol–water partition coefficient (Wildman–Crippen LogP) is 10.3. The molecule has 0 spiro atoms. The van der Waals surface area contributed by atoms with Crippen LogP contribution in [0.25, 0.3) is 0 Å². The first-order valence-corrected chi connectivity index (χ1v) is 25.7. The molecule has 68 heavy (non-hydrogen) atoms. The van der Waals surface area contributed by atoms with Crippen molar-refractivity contribution in [2.24, 2.45) is 0 Å². The van der Waals surface area contributed by atoms with Crippen LogP contribution in [0.5, 0.6) is 23.0 Å². The number of amides is 4. The van der Waals surface area contributed by atoms with Gasteiger partial charge in [-0.15, -0.1) is 0 Å². The van der Waals surface area contributed by atoms with Crippen LogP contribution < -0.4 is 40.2 Å². The second kappa shape index (κ2) is 22.0. The second-order valence-electron chi connectivity index (χ2n) is 20.5. The molecule has 12 nitrogen and oxygen atoms in total. The Morgan fingerprint density at radius 2 is 0.485 bits per heavy atom. The summed E-state index contributed by atoms with van der Waals surface area (Å²) >= 11 is 5.72. The molecule has 0 radical (unpaired) electrons. The molecular formula is C52H68N4O8S4. The van der Waals surface area contributed by atoms with Gasteiger partial charge < -0.3 is 40.2 Å². The highest BCUT2D eigenvalue weighted by atomic mass is 32.2. The molecule has 0 atom stereocenters. The van der Waals surface area contributed by atoms with E-state index in [1.54, 1.807) is 28.2 Å². The molecule has 16 heteroatoms. The Bertz CT molecular complexity index is 2110. The van der Waals surface area contributed by atoms with Crippen LogP contribution in [0.3, 0.4) is 0 Å². The number of nitrogens with one attached hydrogen (secondary N) is 4. The summed E-state index contributed by atoms with van der Waals surface area (Å²) in [6, 6.07) is 16.7. The van der Waals surface area contributed by atoms with Crippen molar-refractivity contribution in [2.75, 3.05) is 54.6 Å². The number of hydrogen-bond donors (Lipinski definition) is 4. The number of ether oxygens (including phenoxy) is 4. The molecule has 0 aromatic heterocycles. The van der Waals surface area contributed by atoms with Crippen molar-refractivity contribution in [1.82, 2.24) is 21.3 Å². The Balaban J connectivity index is 2.05. The number of benzene rings is 4. The smallest absolute Gasteiger partial charge is 0.257 e. The summed E-state index contributed by atoms with van der Waals surface area (Å²) in [7, 11) is 6.27. The number of fused-ring (bicyclic) bond motifs is 8. The molecule has 1 aliphatic rings. The minimum absolute atomic E-state index is 0.262. The van der Waals surface area contributed by atoms with Gasteiger partial charge in [-0.3, -0.25) is 19.2 Å². The summed E-state index contributed by atoms with van der Waals surface area (Å²) in [5.41, 5.74) is 2.63. The average Bonchev–Trinajstić information content (AvgIpc) is 3.25. The van der Waals surface area contributed by atoms with Crippen molar-refractivity contribution in [3.63, 3.8) is 0 Å². The predicted molar refractivity (Wildman–Crippen MR) is 275 cm³/mol. The fraction of sp³-hybridized carbons (Fsp3) is 0.462. The molecular weight excluding hydrogens is 937 g/mol. The normalized spacial score (nSPS) is 12.9. The van der Waals surface area contributed by atoms with Gasteiger partial charge in [0.15, 0.2) is 26.4 Å². The summed E-state index contributed by atoms with van der Waals surface area (Å²) in [6.45, 7) is 24.7. The minimum atomic E-state index is -0.344. The van der Waals surface area contributed by atoms with Crippen molar-refractivity contribution >= 4 is 70.7 Å². The number of carbonyl (C=O) groups is 4. The van der Waals surface area contributed by atoms with Crippen LogP contribution in [-0.4, -0.2) is 78.2 Å². The topological polar surface area (TPSA) is 153 Å². The highest BCUT2D eigenvalue weighted by Gasteiger charge is 2.31. The zero-order chi connectivity index (χ0) is 50.5. The molecule has 4 aromatic rings. The fourth-order valence-electron chi connectivity index (χ4n) is 6.53. The van der Waals surface area contributed by atoms with E-state index in [-0.39, 0.29) is 71.7 Å². The zero-order valence-corrected chi connectivity index (χ0v) is 45.6. The Labute approximate surface area is 420 Å². The lowest BCUT2D eigenvalue weighted by Crippen LogP contribution is -2.25. The minimum Gasteiger partial charge on any atom is -0.481 e. The summed E-state index contributed by atoms with van der Waals surface area (Å²) in [6.07, 6.45) is 0. The summed E-state index contributed by atoms with van der Waals surface area (Å²) in [5, 5.41) is 10.8. The van der Waals surface area contributed by atoms with E-state index in [4.69, 9.17) is 18.9 Å². The maximum atomic E-state index is 13.0. The summed E-state index contributed by atoms with van der Waals surface area (Å²) in [4.78, 5) is 57.8. The van der Waals surface area contributed by atoms with Crippen LogP contribution in [0.15, 0.2) is 87.7 Å². The Kier molecular flexibility index (Phi) is 17.6. The van der Waals surface area contributed by atoms with Gasteiger partial charge in [-0.2, -0.15) is 0 Å². The van der Waals surface area contributed by atoms with E-state index in [2.05, 4.69) is 153 Å². The van der Waals surface area contributed by atoms with Crippen molar-refractivity contribution in [2.45, 2.75) is 144 Å². The molecule has 1 heterocycles. The molecule has 8 bridgehead atoms. The molecule has 0 unspecified atom stereocenters. The monoisotopic (exact) mass is 1000 g/mol. The average molecular weight is 1010 g/mol. The van der Waals surface area contributed by atoms with E-state index >= 15 is 0 Å². The first-order chi connectivity index (χ1) is 31.7. The zero-order valence-electron chi connectivity index (χ0n) is 42.3. The van der Waals surface area contributed by atoms with E-state index in [0.717, 1.165) is 22.3 Å². The van der Waals surface area contributed by atoms with Crippen molar-refractivity contribution < 1.29 is 38.1 Å². The quantitative estimate of drug-likeness (QED) is 0.0941. The van der Waals surface area contributed by atoms with Gasteiger partial charge in [0.25, 0.3) is 23.6 Å². The molecule has 0 saturated heterocycles. The van der Waals surface area contributed by atoms with Gasteiger partial charge in [0.05, 0.1) is 39.2 Å². The Morgan fingerprint density at radius 3 is 0.603 bits per heavy atom. The lowest BCUT2D eigenvalue weighted by molar-refractivity contribution is -0.123. The first-order valence-electron chi connectivity index (χ1n) is 22.5.